The molecule has 2 aliphatic rings. The minimum atomic E-state index is 0.202. The molecule has 2 heteroatoms. The first kappa shape index (κ1) is 13.0. The Bertz CT molecular complexity index is 449. The molecule has 1 heterocycles. The van der Waals surface area contributed by atoms with Crippen LogP contribution in [0.4, 0.5) is 5.69 Å². The predicted octanol–water partition coefficient (Wildman–Crippen LogP) is 4.21. The zero-order valence-electron chi connectivity index (χ0n) is 12.2. The highest BCUT2D eigenvalue weighted by Gasteiger charge is 2.39. The zero-order chi connectivity index (χ0) is 13.3. The van der Waals surface area contributed by atoms with Crippen LogP contribution in [-0.2, 0) is 4.74 Å². The lowest BCUT2D eigenvalue weighted by Crippen LogP contribution is -2.42. The normalized spacial score (nSPS) is 25.7. The topological polar surface area (TPSA) is 21.3 Å². The Morgan fingerprint density at radius 3 is 2.79 bits per heavy atom. The summed E-state index contributed by atoms with van der Waals surface area (Å²) in [7, 11) is 0. The van der Waals surface area contributed by atoms with Gasteiger partial charge in [0.05, 0.1) is 5.60 Å². The van der Waals surface area contributed by atoms with Gasteiger partial charge in [0.25, 0.3) is 0 Å². The van der Waals surface area contributed by atoms with Gasteiger partial charge in [0.1, 0.15) is 0 Å². The second-order valence-corrected chi connectivity index (χ2v) is 6.39. The summed E-state index contributed by atoms with van der Waals surface area (Å²) in [5, 5.41) is 3.76. The molecule has 1 atom stereocenters. The van der Waals surface area contributed by atoms with Gasteiger partial charge < -0.3 is 10.1 Å². The molecular formula is C17H25NO. The summed E-state index contributed by atoms with van der Waals surface area (Å²) in [6.45, 7) is 5.27. The molecule has 1 saturated carbocycles. The minimum Gasteiger partial charge on any atom is -0.382 e. The van der Waals surface area contributed by atoms with Gasteiger partial charge in [-0.15, -0.1) is 0 Å². The molecule has 0 bridgehead atoms. The van der Waals surface area contributed by atoms with Crippen LogP contribution in [0.15, 0.2) is 18.2 Å². The van der Waals surface area contributed by atoms with E-state index in [-0.39, 0.29) is 5.60 Å². The number of hydrogen-bond donors (Lipinski definition) is 1. The van der Waals surface area contributed by atoms with E-state index in [1.165, 1.54) is 48.9 Å². The second-order valence-electron chi connectivity index (χ2n) is 6.39. The summed E-state index contributed by atoms with van der Waals surface area (Å²) in [5.74, 6) is 0. The van der Waals surface area contributed by atoms with Crippen LogP contribution in [0.1, 0.15) is 49.7 Å². The number of nitrogens with one attached hydrogen (secondary N) is 1. The summed E-state index contributed by atoms with van der Waals surface area (Å²) in [4.78, 5) is 0. The summed E-state index contributed by atoms with van der Waals surface area (Å²) in [6.07, 6.45) is 7.53. The molecule has 1 aromatic carbocycles. The van der Waals surface area contributed by atoms with Crippen molar-refractivity contribution in [2.45, 2.75) is 64.0 Å². The predicted molar refractivity (Wildman–Crippen MR) is 79.7 cm³/mol. The average Bonchev–Trinajstić information content (AvgIpc) is 2.82. The minimum absolute atomic E-state index is 0.202. The van der Waals surface area contributed by atoms with Crippen LogP contribution in [-0.4, -0.2) is 18.2 Å². The standard InChI is InChI=1S/C17H25NO/c1-13-5-6-14(2)16(11-13)18-15-7-10-19-17(12-15)8-3-4-9-17/h5-6,11,15,18H,3-4,7-10,12H2,1-2H3. The molecule has 1 spiro atoms. The van der Waals surface area contributed by atoms with E-state index in [0.29, 0.717) is 6.04 Å². The van der Waals surface area contributed by atoms with Crippen LogP contribution < -0.4 is 5.32 Å². The van der Waals surface area contributed by atoms with Crippen LogP contribution in [0, 0.1) is 13.8 Å². The van der Waals surface area contributed by atoms with Crippen molar-refractivity contribution in [3.63, 3.8) is 0 Å². The molecule has 1 saturated heterocycles. The molecule has 19 heavy (non-hydrogen) atoms. The zero-order valence-corrected chi connectivity index (χ0v) is 12.2. The van der Waals surface area contributed by atoms with Gasteiger partial charge in [0, 0.05) is 18.3 Å². The fourth-order valence-electron chi connectivity index (χ4n) is 3.63. The van der Waals surface area contributed by atoms with Crippen LogP contribution in [0.5, 0.6) is 0 Å². The van der Waals surface area contributed by atoms with E-state index in [2.05, 4.69) is 37.4 Å². The third-order valence-corrected chi connectivity index (χ3v) is 4.76. The lowest BCUT2D eigenvalue weighted by molar-refractivity contribution is -0.0767. The van der Waals surface area contributed by atoms with E-state index in [4.69, 9.17) is 4.74 Å². The first-order chi connectivity index (χ1) is 9.17. The molecule has 2 nitrogen and oxygen atoms in total. The van der Waals surface area contributed by atoms with Crippen molar-refractivity contribution in [3.05, 3.63) is 29.3 Å². The van der Waals surface area contributed by atoms with Gasteiger partial charge >= 0.3 is 0 Å². The van der Waals surface area contributed by atoms with E-state index in [0.717, 1.165) is 13.0 Å². The molecule has 1 N–H and O–H groups in total. The Morgan fingerprint density at radius 2 is 2.00 bits per heavy atom. The molecule has 3 rings (SSSR count). The first-order valence-electron chi connectivity index (χ1n) is 7.65. The number of benzene rings is 1. The lowest BCUT2D eigenvalue weighted by atomic mass is 9.88. The SMILES string of the molecule is Cc1ccc(C)c(NC2CCOC3(CCCC3)C2)c1. The molecule has 1 unspecified atom stereocenters. The van der Waals surface area contributed by atoms with Crippen molar-refractivity contribution >= 4 is 5.69 Å². The number of ether oxygens (including phenoxy) is 1. The van der Waals surface area contributed by atoms with Crippen LogP contribution >= 0.6 is 0 Å². The summed E-state index contributed by atoms with van der Waals surface area (Å²) in [6, 6.07) is 7.24. The van der Waals surface area contributed by atoms with Gasteiger partial charge in [-0.25, -0.2) is 0 Å². The highest BCUT2D eigenvalue weighted by molar-refractivity contribution is 5.53. The Kier molecular flexibility index (Phi) is 3.53. The molecule has 104 valence electrons. The van der Waals surface area contributed by atoms with Crippen molar-refractivity contribution in [1.82, 2.24) is 0 Å². The Morgan fingerprint density at radius 1 is 1.21 bits per heavy atom. The Hall–Kier alpha value is -1.02. The van der Waals surface area contributed by atoms with E-state index < -0.39 is 0 Å². The third kappa shape index (κ3) is 2.79. The number of rotatable bonds is 2. The fraction of sp³-hybridized carbons (Fsp3) is 0.647. The van der Waals surface area contributed by atoms with Crippen molar-refractivity contribution in [3.8, 4) is 0 Å². The largest absolute Gasteiger partial charge is 0.382 e. The van der Waals surface area contributed by atoms with Crippen molar-refractivity contribution in [1.29, 1.82) is 0 Å². The molecule has 0 aromatic heterocycles. The van der Waals surface area contributed by atoms with Crippen LogP contribution in [0.3, 0.4) is 0 Å². The monoisotopic (exact) mass is 259 g/mol. The first-order valence-corrected chi connectivity index (χ1v) is 7.65. The van der Waals surface area contributed by atoms with E-state index in [9.17, 15) is 0 Å². The molecule has 2 fully saturated rings. The smallest absolute Gasteiger partial charge is 0.0702 e. The van der Waals surface area contributed by atoms with Gasteiger partial charge in [-0.1, -0.05) is 25.0 Å². The maximum Gasteiger partial charge on any atom is 0.0702 e. The maximum absolute atomic E-state index is 6.11. The summed E-state index contributed by atoms with van der Waals surface area (Å²) >= 11 is 0. The lowest BCUT2D eigenvalue weighted by Gasteiger charge is -2.39. The Balaban J connectivity index is 1.70. The quantitative estimate of drug-likeness (QED) is 0.859. The number of anilines is 1. The molecule has 1 aliphatic carbocycles. The highest BCUT2D eigenvalue weighted by Crippen LogP contribution is 2.40. The maximum atomic E-state index is 6.11. The summed E-state index contributed by atoms with van der Waals surface area (Å²) < 4.78 is 6.11. The fourth-order valence-corrected chi connectivity index (χ4v) is 3.63. The van der Waals surface area contributed by atoms with Gasteiger partial charge in [-0.2, -0.15) is 0 Å². The molecule has 1 aromatic rings. The number of hydrogen-bond acceptors (Lipinski definition) is 2. The number of aryl methyl sites for hydroxylation is 2. The van der Waals surface area contributed by atoms with Crippen molar-refractivity contribution in [2.24, 2.45) is 0 Å². The van der Waals surface area contributed by atoms with Gasteiger partial charge in [-0.05, 0) is 56.7 Å². The summed E-state index contributed by atoms with van der Waals surface area (Å²) in [5.41, 5.74) is 4.18. The second kappa shape index (κ2) is 5.16. The van der Waals surface area contributed by atoms with Gasteiger partial charge in [0.15, 0.2) is 0 Å². The van der Waals surface area contributed by atoms with E-state index in [1.54, 1.807) is 0 Å². The molecular weight excluding hydrogens is 234 g/mol. The third-order valence-electron chi connectivity index (χ3n) is 4.76. The van der Waals surface area contributed by atoms with Crippen LogP contribution in [0.2, 0.25) is 0 Å². The average molecular weight is 259 g/mol. The van der Waals surface area contributed by atoms with Crippen LogP contribution in [0.25, 0.3) is 0 Å². The molecule has 0 amide bonds. The molecule has 1 aliphatic heterocycles. The van der Waals surface area contributed by atoms with E-state index in [1.807, 2.05) is 0 Å². The van der Waals surface area contributed by atoms with Gasteiger partial charge in [0.2, 0.25) is 0 Å². The Labute approximate surface area is 116 Å². The molecule has 0 radical (unpaired) electrons. The van der Waals surface area contributed by atoms with Gasteiger partial charge in [-0.3, -0.25) is 0 Å². The van der Waals surface area contributed by atoms with Crippen molar-refractivity contribution in [2.75, 3.05) is 11.9 Å². The van der Waals surface area contributed by atoms with E-state index >= 15 is 0 Å². The van der Waals surface area contributed by atoms with Crippen molar-refractivity contribution < 1.29 is 4.74 Å². The highest BCUT2D eigenvalue weighted by atomic mass is 16.5.